The van der Waals surface area contributed by atoms with Crippen LogP contribution in [-0.2, 0) is 6.54 Å². The number of rotatable bonds is 3. The fourth-order valence-corrected chi connectivity index (χ4v) is 2.64. The molecule has 1 heterocycles. The van der Waals surface area contributed by atoms with Gasteiger partial charge >= 0.3 is 0 Å². The quantitative estimate of drug-likeness (QED) is 0.876. The van der Waals surface area contributed by atoms with E-state index in [1.54, 1.807) is 6.07 Å². The molecular formula is C17H19FN2O. The van der Waals surface area contributed by atoms with Crippen molar-refractivity contribution in [3.63, 3.8) is 0 Å². The van der Waals surface area contributed by atoms with Crippen molar-refractivity contribution in [2.24, 2.45) is 0 Å². The highest BCUT2D eigenvalue weighted by molar-refractivity contribution is 5.66. The Kier molecular flexibility index (Phi) is 3.69. The van der Waals surface area contributed by atoms with Gasteiger partial charge in [-0.2, -0.15) is 0 Å². The summed E-state index contributed by atoms with van der Waals surface area (Å²) < 4.78 is 19.8. The topological polar surface area (TPSA) is 38.5 Å². The molecule has 3 rings (SSSR count). The van der Waals surface area contributed by atoms with Crippen LogP contribution in [0.1, 0.15) is 18.9 Å². The van der Waals surface area contributed by atoms with Crippen molar-refractivity contribution in [2.75, 3.05) is 17.2 Å². The highest BCUT2D eigenvalue weighted by Crippen LogP contribution is 2.36. The molecule has 0 bridgehead atoms. The number of nitrogens with zero attached hydrogens (tertiary/aromatic N) is 1. The number of benzene rings is 2. The van der Waals surface area contributed by atoms with E-state index < -0.39 is 0 Å². The van der Waals surface area contributed by atoms with Crippen LogP contribution in [0.25, 0.3) is 0 Å². The van der Waals surface area contributed by atoms with Crippen LogP contribution in [-0.4, -0.2) is 12.6 Å². The molecule has 2 aromatic rings. The molecule has 0 amide bonds. The predicted octanol–water partition coefficient (Wildman–Crippen LogP) is 3.59. The fourth-order valence-electron chi connectivity index (χ4n) is 2.64. The van der Waals surface area contributed by atoms with Crippen LogP contribution in [0.3, 0.4) is 0 Å². The highest BCUT2D eigenvalue weighted by Gasteiger charge is 2.25. The third-order valence-corrected chi connectivity index (χ3v) is 3.82. The molecule has 4 heteroatoms. The molecule has 1 unspecified atom stereocenters. The maximum Gasteiger partial charge on any atom is 0.143 e. The van der Waals surface area contributed by atoms with Crippen molar-refractivity contribution in [2.45, 2.75) is 26.0 Å². The van der Waals surface area contributed by atoms with E-state index >= 15 is 0 Å². The third kappa shape index (κ3) is 2.79. The fraction of sp³-hybridized carbons (Fsp3) is 0.294. The molecule has 0 radical (unpaired) electrons. The molecule has 1 aliphatic heterocycles. The average molecular weight is 286 g/mol. The molecule has 0 saturated heterocycles. The lowest BCUT2D eigenvalue weighted by Gasteiger charge is -2.36. The van der Waals surface area contributed by atoms with Gasteiger partial charge in [-0.05, 0) is 30.7 Å². The molecule has 2 N–H and O–H groups in total. The van der Waals surface area contributed by atoms with Crippen molar-refractivity contribution in [3.05, 3.63) is 53.8 Å². The number of fused-ring (bicyclic) bond motifs is 1. The number of hydrogen-bond acceptors (Lipinski definition) is 3. The maximum absolute atomic E-state index is 13.9. The molecule has 1 aliphatic rings. The molecule has 21 heavy (non-hydrogen) atoms. The molecular weight excluding hydrogens is 267 g/mol. The Bertz CT molecular complexity index is 644. The van der Waals surface area contributed by atoms with Crippen LogP contribution in [0.4, 0.5) is 15.8 Å². The minimum Gasteiger partial charge on any atom is -0.486 e. The number of anilines is 2. The molecule has 0 aliphatic carbocycles. The Balaban J connectivity index is 1.94. The van der Waals surface area contributed by atoms with Gasteiger partial charge in [0, 0.05) is 17.8 Å². The van der Waals surface area contributed by atoms with Crippen molar-refractivity contribution in [1.82, 2.24) is 0 Å². The summed E-state index contributed by atoms with van der Waals surface area (Å²) in [5.41, 5.74) is 8.18. The Labute approximate surface area is 124 Å². The van der Waals surface area contributed by atoms with E-state index in [1.807, 2.05) is 30.3 Å². The lowest BCUT2D eigenvalue weighted by molar-refractivity contribution is 0.188. The molecule has 110 valence electrons. The van der Waals surface area contributed by atoms with Crippen molar-refractivity contribution >= 4 is 11.4 Å². The monoisotopic (exact) mass is 286 g/mol. The number of ether oxygens (including phenoxy) is 1. The van der Waals surface area contributed by atoms with Gasteiger partial charge in [0.15, 0.2) is 0 Å². The zero-order valence-corrected chi connectivity index (χ0v) is 12.1. The minimum atomic E-state index is -0.178. The summed E-state index contributed by atoms with van der Waals surface area (Å²) in [5.74, 6) is 0.640. The maximum atomic E-state index is 13.9. The van der Waals surface area contributed by atoms with Crippen LogP contribution < -0.4 is 15.4 Å². The molecule has 0 aromatic heterocycles. The molecule has 2 aromatic carbocycles. The van der Waals surface area contributed by atoms with Crippen LogP contribution in [0.2, 0.25) is 0 Å². The smallest absolute Gasteiger partial charge is 0.143 e. The molecule has 0 spiro atoms. The summed E-state index contributed by atoms with van der Waals surface area (Å²) in [4.78, 5) is 2.14. The van der Waals surface area contributed by atoms with E-state index in [9.17, 15) is 4.39 Å². The normalized spacial score (nSPS) is 17.2. The number of nitrogen functional groups attached to an aromatic ring is 1. The second-order valence-corrected chi connectivity index (χ2v) is 5.35. The lowest BCUT2D eigenvalue weighted by Crippen LogP contribution is -2.39. The van der Waals surface area contributed by atoms with Gasteiger partial charge in [0.05, 0.1) is 12.2 Å². The van der Waals surface area contributed by atoms with Gasteiger partial charge in [-0.15, -0.1) is 0 Å². The van der Waals surface area contributed by atoms with Crippen LogP contribution >= 0.6 is 0 Å². The molecule has 1 atom stereocenters. The first-order valence-electron chi connectivity index (χ1n) is 7.22. The van der Waals surface area contributed by atoms with Crippen molar-refractivity contribution in [3.8, 4) is 5.75 Å². The third-order valence-electron chi connectivity index (χ3n) is 3.82. The van der Waals surface area contributed by atoms with Gasteiger partial charge in [0.25, 0.3) is 0 Å². The number of nitrogens with two attached hydrogens (primary N) is 1. The van der Waals surface area contributed by atoms with Gasteiger partial charge in [0.2, 0.25) is 0 Å². The Morgan fingerprint density at radius 3 is 2.86 bits per heavy atom. The first kappa shape index (κ1) is 13.7. The Hall–Kier alpha value is -2.23. The molecule has 3 nitrogen and oxygen atoms in total. The first-order chi connectivity index (χ1) is 10.2. The summed E-state index contributed by atoms with van der Waals surface area (Å²) in [6.45, 7) is 3.35. The van der Waals surface area contributed by atoms with Gasteiger partial charge in [-0.1, -0.05) is 25.1 Å². The van der Waals surface area contributed by atoms with Crippen molar-refractivity contribution in [1.29, 1.82) is 0 Å². The number of halogens is 1. The van der Waals surface area contributed by atoms with Crippen molar-refractivity contribution < 1.29 is 9.13 Å². The molecule has 0 fully saturated rings. The molecule has 0 saturated carbocycles. The predicted molar refractivity (Wildman–Crippen MR) is 83.0 cm³/mol. The minimum absolute atomic E-state index is 0.118. The summed E-state index contributed by atoms with van der Waals surface area (Å²) in [5, 5.41) is 0. The Morgan fingerprint density at radius 1 is 1.29 bits per heavy atom. The SMILES string of the molecule is CCC1CN(Cc2ccccc2F)c2cc(N)ccc2O1. The Morgan fingerprint density at radius 2 is 2.10 bits per heavy atom. The largest absolute Gasteiger partial charge is 0.486 e. The number of hydrogen-bond donors (Lipinski definition) is 1. The zero-order chi connectivity index (χ0) is 14.8. The zero-order valence-electron chi connectivity index (χ0n) is 12.1. The first-order valence-corrected chi connectivity index (χ1v) is 7.22. The van der Waals surface area contributed by atoms with E-state index in [4.69, 9.17) is 10.5 Å². The highest BCUT2D eigenvalue weighted by atomic mass is 19.1. The van der Waals surface area contributed by atoms with E-state index in [0.29, 0.717) is 17.8 Å². The standard InChI is InChI=1S/C17H19FN2O/c1-2-14-11-20(10-12-5-3-4-6-15(12)18)16-9-13(19)7-8-17(16)21-14/h3-9,14H,2,10-11,19H2,1H3. The summed E-state index contributed by atoms with van der Waals surface area (Å²) in [6, 6.07) is 12.5. The van der Waals surface area contributed by atoms with Crippen LogP contribution in [0, 0.1) is 5.82 Å². The van der Waals surface area contributed by atoms with E-state index in [0.717, 1.165) is 24.4 Å². The van der Waals surface area contributed by atoms with Crippen LogP contribution in [0.5, 0.6) is 5.75 Å². The summed E-state index contributed by atoms with van der Waals surface area (Å²) >= 11 is 0. The van der Waals surface area contributed by atoms with Gasteiger partial charge in [-0.3, -0.25) is 0 Å². The summed E-state index contributed by atoms with van der Waals surface area (Å²) in [7, 11) is 0. The summed E-state index contributed by atoms with van der Waals surface area (Å²) in [6.07, 6.45) is 1.03. The van der Waals surface area contributed by atoms with E-state index in [-0.39, 0.29) is 11.9 Å². The lowest BCUT2D eigenvalue weighted by atomic mass is 10.1. The van der Waals surface area contributed by atoms with E-state index in [1.165, 1.54) is 6.07 Å². The average Bonchev–Trinajstić information content (AvgIpc) is 2.49. The van der Waals surface area contributed by atoms with Gasteiger partial charge < -0.3 is 15.4 Å². The van der Waals surface area contributed by atoms with Crippen LogP contribution in [0.15, 0.2) is 42.5 Å². The van der Waals surface area contributed by atoms with Gasteiger partial charge in [0.1, 0.15) is 17.7 Å². The van der Waals surface area contributed by atoms with Gasteiger partial charge in [-0.25, -0.2) is 4.39 Å². The van der Waals surface area contributed by atoms with E-state index in [2.05, 4.69) is 11.8 Å². The second kappa shape index (κ2) is 5.64. The second-order valence-electron chi connectivity index (χ2n) is 5.35.